The Labute approximate surface area is 97.8 Å². The summed E-state index contributed by atoms with van der Waals surface area (Å²) in [6.07, 6.45) is 6.58. The summed E-state index contributed by atoms with van der Waals surface area (Å²) in [6, 6.07) is 9.07. The lowest BCUT2D eigenvalue weighted by atomic mass is 9.73. The van der Waals surface area contributed by atoms with Crippen LogP contribution in [-0.4, -0.2) is 13.2 Å². The van der Waals surface area contributed by atoms with E-state index in [1.54, 1.807) is 11.1 Å². The molecule has 1 aliphatic heterocycles. The Morgan fingerprint density at radius 2 is 1.81 bits per heavy atom. The maximum atomic E-state index is 5.48. The van der Waals surface area contributed by atoms with Gasteiger partial charge in [-0.2, -0.15) is 0 Å². The van der Waals surface area contributed by atoms with Gasteiger partial charge in [-0.15, -0.1) is 0 Å². The smallest absolute Gasteiger partial charge is 0.0468 e. The summed E-state index contributed by atoms with van der Waals surface area (Å²) < 4.78 is 5.48. The number of hydrogen-bond donors (Lipinski definition) is 0. The van der Waals surface area contributed by atoms with E-state index in [2.05, 4.69) is 24.3 Å². The van der Waals surface area contributed by atoms with Crippen LogP contribution in [-0.2, 0) is 11.2 Å². The normalized spacial score (nSPS) is 26.4. The molecule has 1 atom stereocenters. The Morgan fingerprint density at radius 1 is 1.00 bits per heavy atom. The van der Waals surface area contributed by atoms with Crippen LogP contribution in [0.5, 0.6) is 0 Å². The van der Waals surface area contributed by atoms with Gasteiger partial charge in [-0.1, -0.05) is 24.3 Å². The maximum absolute atomic E-state index is 5.48. The van der Waals surface area contributed by atoms with Crippen molar-refractivity contribution in [3.05, 3.63) is 35.4 Å². The SMILES string of the molecule is c1ccc2c(c1)CCCC2C1CCOCC1. The van der Waals surface area contributed by atoms with Gasteiger partial charge in [0.2, 0.25) is 0 Å². The molecule has 1 aromatic carbocycles. The number of ether oxygens (including phenoxy) is 1. The maximum Gasteiger partial charge on any atom is 0.0468 e. The molecule has 1 heteroatoms. The summed E-state index contributed by atoms with van der Waals surface area (Å²) in [4.78, 5) is 0. The summed E-state index contributed by atoms with van der Waals surface area (Å²) >= 11 is 0. The standard InChI is InChI=1S/C15H20O/c1-2-6-14-12(4-1)5-3-7-15(14)13-8-10-16-11-9-13/h1-2,4,6,13,15H,3,5,7-11H2. The van der Waals surface area contributed by atoms with Gasteiger partial charge in [0.15, 0.2) is 0 Å². The number of rotatable bonds is 1. The third-order valence-electron chi connectivity index (χ3n) is 4.25. The number of fused-ring (bicyclic) bond motifs is 1. The van der Waals surface area contributed by atoms with E-state index in [9.17, 15) is 0 Å². The zero-order chi connectivity index (χ0) is 10.8. The van der Waals surface area contributed by atoms with Gasteiger partial charge in [-0.3, -0.25) is 0 Å². The second-order valence-corrected chi connectivity index (χ2v) is 5.15. The van der Waals surface area contributed by atoms with Crippen LogP contribution in [0.3, 0.4) is 0 Å². The van der Waals surface area contributed by atoms with E-state index < -0.39 is 0 Å². The molecule has 1 aromatic rings. The molecule has 0 saturated carbocycles. The van der Waals surface area contributed by atoms with Gasteiger partial charge in [-0.05, 0) is 55.1 Å². The molecule has 1 heterocycles. The molecule has 1 aliphatic carbocycles. The van der Waals surface area contributed by atoms with Gasteiger partial charge in [0.05, 0.1) is 0 Å². The summed E-state index contributed by atoms with van der Waals surface area (Å²) in [5.74, 6) is 1.68. The quantitative estimate of drug-likeness (QED) is 0.697. The molecule has 0 radical (unpaired) electrons. The minimum absolute atomic E-state index is 0.814. The summed E-state index contributed by atoms with van der Waals surface area (Å²) in [7, 11) is 0. The van der Waals surface area contributed by atoms with E-state index in [4.69, 9.17) is 4.74 Å². The highest BCUT2D eigenvalue weighted by Gasteiger charge is 2.28. The van der Waals surface area contributed by atoms with Crippen molar-refractivity contribution >= 4 is 0 Å². The average molecular weight is 216 g/mol. The molecule has 1 nitrogen and oxygen atoms in total. The van der Waals surface area contributed by atoms with Crippen molar-refractivity contribution < 1.29 is 4.74 Å². The Kier molecular flexibility index (Phi) is 2.96. The monoisotopic (exact) mass is 216 g/mol. The second kappa shape index (κ2) is 4.58. The van der Waals surface area contributed by atoms with Gasteiger partial charge in [-0.25, -0.2) is 0 Å². The minimum atomic E-state index is 0.814. The Bertz CT molecular complexity index is 352. The van der Waals surface area contributed by atoms with Crippen molar-refractivity contribution in [1.29, 1.82) is 0 Å². The van der Waals surface area contributed by atoms with Crippen molar-refractivity contribution in [1.82, 2.24) is 0 Å². The van der Waals surface area contributed by atoms with Crippen LogP contribution < -0.4 is 0 Å². The molecule has 0 amide bonds. The molecule has 0 spiro atoms. The van der Waals surface area contributed by atoms with Crippen LogP contribution in [0.15, 0.2) is 24.3 Å². The molecule has 1 unspecified atom stereocenters. The number of aryl methyl sites for hydroxylation is 1. The molecule has 1 saturated heterocycles. The van der Waals surface area contributed by atoms with Gasteiger partial charge in [0, 0.05) is 13.2 Å². The van der Waals surface area contributed by atoms with Crippen molar-refractivity contribution in [2.24, 2.45) is 5.92 Å². The van der Waals surface area contributed by atoms with Gasteiger partial charge >= 0.3 is 0 Å². The first-order valence-electron chi connectivity index (χ1n) is 6.61. The zero-order valence-electron chi connectivity index (χ0n) is 9.82. The predicted molar refractivity (Wildman–Crippen MR) is 65.7 cm³/mol. The Hall–Kier alpha value is -0.820. The molecule has 3 rings (SSSR count). The lowest BCUT2D eigenvalue weighted by Gasteiger charge is -2.34. The molecule has 0 bridgehead atoms. The molecule has 2 aliphatic rings. The molecule has 0 aromatic heterocycles. The highest BCUT2D eigenvalue weighted by molar-refractivity contribution is 5.33. The molecule has 1 fully saturated rings. The van der Waals surface area contributed by atoms with Gasteiger partial charge in [0.1, 0.15) is 0 Å². The van der Waals surface area contributed by atoms with Crippen molar-refractivity contribution in [2.75, 3.05) is 13.2 Å². The zero-order valence-corrected chi connectivity index (χ0v) is 9.82. The third-order valence-corrected chi connectivity index (χ3v) is 4.25. The first-order valence-corrected chi connectivity index (χ1v) is 6.61. The van der Waals surface area contributed by atoms with E-state index in [1.165, 1.54) is 32.1 Å². The van der Waals surface area contributed by atoms with Crippen LogP contribution in [0.4, 0.5) is 0 Å². The van der Waals surface area contributed by atoms with Crippen LogP contribution >= 0.6 is 0 Å². The fourth-order valence-corrected chi connectivity index (χ4v) is 3.40. The lowest BCUT2D eigenvalue weighted by molar-refractivity contribution is 0.0557. The molecular formula is C15H20O. The van der Waals surface area contributed by atoms with Crippen LogP contribution in [0, 0.1) is 5.92 Å². The van der Waals surface area contributed by atoms with Gasteiger partial charge in [0.25, 0.3) is 0 Å². The summed E-state index contributed by atoms with van der Waals surface area (Å²) in [6.45, 7) is 1.95. The van der Waals surface area contributed by atoms with E-state index >= 15 is 0 Å². The van der Waals surface area contributed by atoms with Crippen molar-refractivity contribution in [3.8, 4) is 0 Å². The fraction of sp³-hybridized carbons (Fsp3) is 0.600. The van der Waals surface area contributed by atoms with E-state index in [0.29, 0.717) is 0 Å². The van der Waals surface area contributed by atoms with E-state index in [-0.39, 0.29) is 0 Å². The first kappa shape index (κ1) is 10.3. The Morgan fingerprint density at radius 3 is 2.69 bits per heavy atom. The fourth-order valence-electron chi connectivity index (χ4n) is 3.40. The highest BCUT2D eigenvalue weighted by atomic mass is 16.5. The number of benzene rings is 1. The van der Waals surface area contributed by atoms with Crippen LogP contribution in [0.1, 0.15) is 42.7 Å². The Balaban J connectivity index is 1.86. The van der Waals surface area contributed by atoms with Crippen molar-refractivity contribution in [3.63, 3.8) is 0 Å². The second-order valence-electron chi connectivity index (χ2n) is 5.15. The average Bonchev–Trinajstić information content (AvgIpc) is 2.39. The lowest BCUT2D eigenvalue weighted by Crippen LogP contribution is -2.24. The van der Waals surface area contributed by atoms with Gasteiger partial charge < -0.3 is 4.74 Å². The largest absolute Gasteiger partial charge is 0.381 e. The molecule has 16 heavy (non-hydrogen) atoms. The predicted octanol–water partition coefficient (Wildman–Crippen LogP) is 3.53. The van der Waals surface area contributed by atoms with Crippen LogP contribution in [0.25, 0.3) is 0 Å². The number of hydrogen-bond acceptors (Lipinski definition) is 1. The van der Waals surface area contributed by atoms with E-state index in [0.717, 1.165) is 25.0 Å². The van der Waals surface area contributed by atoms with E-state index in [1.807, 2.05) is 0 Å². The van der Waals surface area contributed by atoms with Crippen molar-refractivity contribution in [2.45, 2.75) is 38.0 Å². The molecule has 86 valence electrons. The summed E-state index contributed by atoms with van der Waals surface area (Å²) in [5.41, 5.74) is 3.24. The third kappa shape index (κ3) is 1.89. The minimum Gasteiger partial charge on any atom is -0.381 e. The topological polar surface area (TPSA) is 9.23 Å². The molecule has 0 N–H and O–H groups in total. The first-order chi connectivity index (χ1) is 7.95. The highest BCUT2D eigenvalue weighted by Crippen LogP contribution is 2.40. The van der Waals surface area contributed by atoms with Crippen LogP contribution in [0.2, 0.25) is 0 Å². The molecular weight excluding hydrogens is 196 g/mol. The summed E-state index contributed by atoms with van der Waals surface area (Å²) in [5, 5.41) is 0.